The molecule has 0 aliphatic carbocycles. The Kier molecular flexibility index (Phi) is 7.10. The smallest absolute Gasteiger partial charge is 0.262 e. The fourth-order valence-corrected chi connectivity index (χ4v) is 4.71. The van der Waals surface area contributed by atoms with Crippen molar-refractivity contribution < 1.29 is 9.53 Å². The molecule has 182 valence electrons. The van der Waals surface area contributed by atoms with Crippen LogP contribution in [0.25, 0.3) is 0 Å². The summed E-state index contributed by atoms with van der Waals surface area (Å²) in [6.45, 7) is 4.91. The third-order valence-electron chi connectivity index (χ3n) is 6.79. The van der Waals surface area contributed by atoms with Crippen molar-refractivity contribution in [3.05, 3.63) is 124 Å². The minimum Gasteiger partial charge on any atom is -0.489 e. The van der Waals surface area contributed by atoms with Gasteiger partial charge in [-0.3, -0.25) is 9.69 Å². The van der Waals surface area contributed by atoms with Crippen molar-refractivity contribution in [2.24, 2.45) is 0 Å². The van der Waals surface area contributed by atoms with Gasteiger partial charge in [0.05, 0.1) is 5.56 Å². The fraction of sp³-hybridized carbons (Fsp3) is 0.194. The minimum absolute atomic E-state index is 0.0128. The molecular weight excluding hydrogens is 512 g/mol. The highest BCUT2D eigenvalue weighted by atomic mass is 79.9. The number of amides is 1. The molecule has 1 amide bonds. The second kappa shape index (κ2) is 10.6. The van der Waals surface area contributed by atoms with E-state index >= 15 is 0 Å². The van der Waals surface area contributed by atoms with Crippen LogP contribution in [0.5, 0.6) is 5.75 Å². The van der Waals surface area contributed by atoms with Gasteiger partial charge in [0.1, 0.15) is 18.5 Å². The summed E-state index contributed by atoms with van der Waals surface area (Å²) >= 11 is 3.46. The molecule has 2 atom stereocenters. The van der Waals surface area contributed by atoms with Gasteiger partial charge in [-0.15, -0.1) is 0 Å². The molecule has 4 aromatic rings. The molecule has 4 nitrogen and oxygen atoms in total. The number of fused-ring (bicyclic) bond motifs is 1. The Bertz CT molecular complexity index is 1330. The van der Waals surface area contributed by atoms with Crippen LogP contribution in [0.1, 0.15) is 59.4 Å². The number of ether oxygens (including phenoxy) is 1. The van der Waals surface area contributed by atoms with Crippen molar-refractivity contribution in [1.82, 2.24) is 0 Å². The molecular formula is C31H29BrN2O2. The number of nitrogens with one attached hydrogen (secondary N) is 1. The molecule has 1 heterocycles. The third kappa shape index (κ3) is 5.02. The van der Waals surface area contributed by atoms with E-state index in [1.165, 1.54) is 5.56 Å². The molecule has 0 bridgehead atoms. The van der Waals surface area contributed by atoms with Gasteiger partial charge in [-0.05, 0) is 77.6 Å². The Balaban J connectivity index is 1.42. The second-order valence-corrected chi connectivity index (χ2v) is 10.1. The number of hydrogen-bond donors (Lipinski definition) is 1. The Morgan fingerprint density at radius 1 is 0.917 bits per heavy atom. The maximum Gasteiger partial charge on any atom is 0.262 e. The molecule has 1 N–H and O–H groups in total. The largest absolute Gasteiger partial charge is 0.489 e. The summed E-state index contributed by atoms with van der Waals surface area (Å²) in [6, 6.07) is 32.1. The van der Waals surface area contributed by atoms with Crippen molar-refractivity contribution in [3.8, 4) is 5.75 Å². The first-order valence-electron chi connectivity index (χ1n) is 12.3. The molecule has 0 fully saturated rings. The molecule has 0 saturated carbocycles. The number of carbonyl (C=O) groups excluding carboxylic acids is 1. The molecule has 4 aromatic carbocycles. The molecule has 1 aliphatic heterocycles. The molecule has 1 aliphatic rings. The van der Waals surface area contributed by atoms with E-state index in [0.717, 1.165) is 39.1 Å². The predicted molar refractivity (Wildman–Crippen MR) is 150 cm³/mol. The van der Waals surface area contributed by atoms with Crippen molar-refractivity contribution in [2.45, 2.75) is 39.0 Å². The summed E-state index contributed by atoms with van der Waals surface area (Å²) in [7, 11) is 0. The highest BCUT2D eigenvalue weighted by Gasteiger charge is 2.34. The summed E-state index contributed by atoms with van der Waals surface area (Å²) in [4.78, 5) is 15.5. The Hall–Kier alpha value is -3.57. The van der Waals surface area contributed by atoms with Gasteiger partial charge in [0.2, 0.25) is 0 Å². The number of carbonyl (C=O) groups is 1. The van der Waals surface area contributed by atoms with Gasteiger partial charge in [0.15, 0.2) is 0 Å². The van der Waals surface area contributed by atoms with Gasteiger partial charge >= 0.3 is 0 Å². The van der Waals surface area contributed by atoms with Crippen molar-refractivity contribution >= 4 is 33.2 Å². The van der Waals surface area contributed by atoms with Crippen LogP contribution in [-0.2, 0) is 6.61 Å². The molecule has 0 saturated heterocycles. The summed E-state index contributed by atoms with van der Waals surface area (Å²) in [5.74, 6) is 1.26. The van der Waals surface area contributed by atoms with Crippen LogP contribution in [0.3, 0.4) is 0 Å². The van der Waals surface area contributed by atoms with E-state index in [9.17, 15) is 4.79 Å². The lowest BCUT2D eigenvalue weighted by Crippen LogP contribution is -2.43. The highest BCUT2D eigenvalue weighted by molar-refractivity contribution is 9.10. The number of anilines is 2. The number of halogens is 1. The van der Waals surface area contributed by atoms with Crippen LogP contribution >= 0.6 is 15.9 Å². The normalized spacial score (nSPS) is 15.7. The number of hydrogen-bond acceptors (Lipinski definition) is 3. The average molecular weight is 541 g/mol. The standard InChI is InChI=1S/C31H29BrN2O2/c1-3-21(2)23-10-16-26(17-11-23)34-30(33-29-7-5-4-6-28(29)31(34)35)24-12-18-27(19-13-24)36-20-22-8-14-25(32)15-9-22/h4-19,21,30,33H,3,20H2,1-2H3. The summed E-state index contributed by atoms with van der Waals surface area (Å²) in [5.41, 5.74) is 5.76. The summed E-state index contributed by atoms with van der Waals surface area (Å²) < 4.78 is 7.04. The van der Waals surface area contributed by atoms with E-state index in [4.69, 9.17) is 4.74 Å². The Morgan fingerprint density at radius 2 is 1.61 bits per heavy atom. The maximum absolute atomic E-state index is 13.7. The molecule has 5 heteroatoms. The summed E-state index contributed by atoms with van der Waals surface area (Å²) in [5, 5.41) is 3.58. The Labute approximate surface area is 221 Å². The lowest BCUT2D eigenvalue weighted by Gasteiger charge is -2.38. The quantitative estimate of drug-likeness (QED) is 0.256. The zero-order chi connectivity index (χ0) is 25.1. The lowest BCUT2D eigenvalue weighted by atomic mass is 9.97. The Morgan fingerprint density at radius 3 is 2.31 bits per heavy atom. The van der Waals surface area contributed by atoms with Crippen LogP contribution in [-0.4, -0.2) is 5.91 Å². The molecule has 5 rings (SSSR count). The van der Waals surface area contributed by atoms with Crippen molar-refractivity contribution in [1.29, 1.82) is 0 Å². The first-order valence-corrected chi connectivity index (χ1v) is 13.1. The monoisotopic (exact) mass is 540 g/mol. The highest BCUT2D eigenvalue weighted by Crippen LogP contribution is 2.37. The van der Waals surface area contributed by atoms with E-state index in [0.29, 0.717) is 18.1 Å². The molecule has 0 radical (unpaired) electrons. The molecule has 0 spiro atoms. The van der Waals surface area contributed by atoms with E-state index < -0.39 is 0 Å². The SMILES string of the molecule is CCC(C)c1ccc(N2C(=O)c3ccccc3NC2c2ccc(OCc3ccc(Br)cc3)cc2)cc1. The van der Waals surface area contributed by atoms with Crippen LogP contribution in [0.4, 0.5) is 11.4 Å². The average Bonchev–Trinajstić information content (AvgIpc) is 2.93. The zero-order valence-corrected chi connectivity index (χ0v) is 22.0. The number of rotatable bonds is 7. The summed E-state index contributed by atoms with van der Waals surface area (Å²) in [6.07, 6.45) is 0.748. The van der Waals surface area contributed by atoms with Crippen LogP contribution < -0.4 is 15.0 Å². The number of para-hydroxylation sites is 1. The third-order valence-corrected chi connectivity index (χ3v) is 7.32. The van der Waals surface area contributed by atoms with Crippen molar-refractivity contribution in [2.75, 3.05) is 10.2 Å². The first kappa shape index (κ1) is 24.1. The zero-order valence-electron chi connectivity index (χ0n) is 20.4. The van der Waals surface area contributed by atoms with Crippen molar-refractivity contribution in [3.63, 3.8) is 0 Å². The van der Waals surface area contributed by atoms with E-state index in [1.807, 2.05) is 77.7 Å². The lowest BCUT2D eigenvalue weighted by molar-refractivity contribution is 0.0975. The fourth-order valence-electron chi connectivity index (χ4n) is 4.45. The first-order chi connectivity index (χ1) is 17.5. The van der Waals surface area contributed by atoms with Gasteiger partial charge in [0, 0.05) is 15.8 Å². The van der Waals surface area contributed by atoms with Gasteiger partial charge in [-0.1, -0.05) is 78.3 Å². The molecule has 0 aromatic heterocycles. The number of nitrogens with zero attached hydrogens (tertiary/aromatic N) is 1. The second-order valence-electron chi connectivity index (χ2n) is 9.15. The van der Waals surface area contributed by atoms with E-state index in [2.05, 4.69) is 59.4 Å². The predicted octanol–water partition coefficient (Wildman–Crippen LogP) is 8.31. The van der Waals surface area contributed by atoms with Gasteiger partial charge in [-0.2, -0.15) is 0 Å². The van der Waals surface area contributed by atoms with Crippen LogP contribution in [0.15, 0.2) is 102 Å². The van der Waals surface area contributed by atoms with E-state index in [-0.39, 0.29) is 12.1 Å². The van der Waals surface area contributed by atoms with Gasteiger partial charge in [-0.25, -0.2) is 0 Å². The van der Waals surface area contributed by atoms with E-state index in [1.54, 1.807) is 0 Å². The van der Waals surface area contributed by atoms with Gasteiger partial charge < -0.3 is 10.1 Å². The van der Waals surface area contributed by atoms with Crippen LogP contribution in [0, 0.1) is 0 Å². The minimum atomic E-state index is -0.331. The van der Waals surface area contributed by atoms with Crippen LogP contribution in [0.2, 0.25) is 0 Å². The molecule has 36 heavy (non-hydrogen) atoms. The maximum atomic E-state index is 13.7. The number of benzene rings is 4. The van der Waals surface area contributed by atoms with Gasteiger partial charge in [0.25, 0.3) is 5.91 Å². The molecule has 2 unspecified atom stereocenters. The topological polar surface area (TPSA) is 41.6 Å².